The van der Waals surface area contributed by atoms with E-state index in [2.05, 4.69) is 0 Å². The van der Waals surface area contributed by atoms with Crippen molar-refractivity contribution in [2.24, 2.45) is 0 Å². The third kappa shape index (κ3) is 2.06. The summed E-state index contributed by atoms with van der Waals surface area (Å²) in [5.41, 5.74) is 0. The van der Waals surface area contributed by atoms with Crippen LogP contribution in [0, 0.1) is 0 Å². The summed E-state index contributed by atoms with van der Waals surface area (Å²) in [5.74, 6) is 0. The average Bonchev–Trinajstić information content (AvgIpc) is 2.05. The minimum atomic E-state index is 1.15. The summed E-state index contributed by atoms with van der Waals surface area (Å²) >= 11 is 4.69. The Labute approximate surface area is 83.3 Å². The van der Waals surface area contributed by atoms with E-state index in [-0.39, 0.29) is 0 Å². The molecule has 1 saturated carbocycles. The summed E-state index contributed by atoms with van der Waals surface area (Å²) in [5, 5.41) is 0. The van der Waals surface area contributed by atoms with Crippen molar-refractivity contribution in [3.63, 3.8) is 0 Å². The SMILES string of the molecule is C1CCC2[Se][Se][Se][Se]C2C1. The van der Waals surface area contributed by atoms with Crippen molar-refractivity contribution >= 4 is 48.9 Å². The first-order chi connectivity index (χ1) is 4.97. The van der Waals surface area contributed by atoms with Gasteiger partial charge in [-0.3, -0.25) is 0 Å². The molecule has 1 aliphatic carbocycles. The molecule has 2 fully saturated rings. The fraction of sp³-hybridized carbons (Fsp3) is 1.00. The normalized spacial score (nSPS) is 40.8. The summed E-state index contributed by atoms with van der Waals surface area (Å²) in [4.78, 5) is 2.58. The van der Waals surface area contributed by atoms with Gasteiger partial charge in [-0.1, -0.05) is 0 Å². The molecule has 0 radical (unpaired) electrons. The van der Waals surface area contributed by atoms with E-state index in [0.29, 0.717) is 0 Å². The van der Waals surface area contributed by atoms with Crippen LogP contribution >= 0.6 is 0 Å². The van der Waals surface area contributed by atoms with Gasteiger partial charge in [-0.05, 0) is 0 Å². The Morgan fingerprint density at radius 2 is 1.30 bits per heavy atom. The second-order valence-electron chi connectivity index (χ2n) is 2.69. The molecule has 10 heavy (non-hydrogen) atoms. The minimum absolute atomic E-state index is 1.15. The van der Waals surface area contributed by atoms with Crippen molar-refractivity contribution in [1.82, 2.24) is 0 Å². The van der Waals surface area contributed by atoms with E-state index in [0.717, 1.165) is 26.3 Å². The van der Waals surface area contributed by atoms with Crippen molar-refractivity contribution in [2.75, 3.05) is 0 Å². The van der Waals surface area contributed by atoms with Gasteiger partial charge in [0.25, 0.3) is 0 Å². The number of rotatable bonds is 0. The summed E-state index contributed by atoms with van der Waals surface area (Å²) in [7, 11) is 0. The zero-order valence-corrected chi connectivity index (χ0v) is 12.5. The molecule has 0 aromatic carbocycles. The molecule has 2 atom stereocenters. The number of hydrogen-bond acceptors (Lipinski definition) is 0. The first kappa shape index (κ1) is 8.67. The van der Waals surface area contributed by atoms with Crippen LogP contribution in [0.1, 0.15) is 25.7 Å². The van der Waals surface area contributed by atoms with Gasteiger partial charge in [0.1, 0.15) is 0 Å². The molecule has 0 N–H and O–H groups in total. The molecule has 0 bridgehead atoms. The summed E-state index contributed by atoms with van der Waals surface area (Å²) in [6.45, 7) is 0. The Bertz CT molecular complexity index is 90.3. The molecular weight excluding hydrogens is 388 g/mol. The van der Waals surface area contributed by atoms with Gasteiger partial charge in [-0.15, -0.1) is 0 Å². The number of hydrogen-bond donors (Lipinski definition) is 0. The summed E-state index contributed by atoms with van der Waals surface area (Å²) < 4.78 is 0. The van der Waals surface area contributed by atoms with Crippen LogP contribution < -0.4 is 0 Å². The van der Waals surface area contributed by atoms with Crippen LogP contribution in [-0.4, -0.2) is 48.9 Å². The maximum atomic E-state index is 1.63. The first-order valence-corrected chi connectivity index (χ1v) is 18.6. The van der Waals surface area contributed by atoms with Crippen molar-refractivity contribution in [1.29, 1.82) is 0 Å². The van der Waals surface area contributed by atoms with Crippen molar-refractivity contribution < 1.29 is 0 Å². The van der Waals surface area contributed by atoms with E-state index in [9.17, 15) is 0 Å². The van der Waals surface area contributed by atoms with Crippen LogP contribution in [0.2, 0.25) is 9.63 Å². The standard InChI is InChI=1S/C6H10Se4/c1-2-4-6-5(3-1)7-9-10-8-6/h5-6H,1-4H2. The summed E-state index contributed by atoms with van der Waals surface area (Å²) in [6.07, 6.45) is 6.40. The summed E-state index contributed by atoms with van der Waals surface area (Å²) in [6, 6.07) is 0. The van der Waals surface area contributed by atoms with Crippen LogP contribution in [0.15, 0.2) is 0 Å². The average molecular weight is 398 g/mol. The van der Waals surface area contributed by atoms with Crippen LogP contribution in [0.5, 0.6) is 0 Å². The molecule has 2 unspecified atom stereocenters. The van der Waals surface area contributed by atoms with Gasteiger partial charge in [0.15, 0.2) is 0 Å². The molecule has 1 saturated heterocycles. The molecular formula is C6H10Se4. The molecule has 0 aromatic heterocycles. The molecule has 0 aromatic rings. The van der Waals surface area contributed by atoms with E-state index < -0.39 is 0 Å². The zero-order chi connectivity index (χ0) is 6.81. The monoisotopic (exact) mass is 402 g/mol. The Morgan fingerprint density at radius 3 is 1.80 bits per heavy atom. The van der Waals surface area contributed by atoms with Crippen LogP contribution in [0.4, 0.5) is 0 Å². The van der Waals surface area contributed by atoms with E-state index in [4.69, 9.17) is 0 Å². The molecule has 0 spiro atoms. The molecule has 0 nitrogen and oxygen atoms in total. The molecule has 4 heteroatoms. The molecule has 0 amide bonds. The molecule has 58 valence electrons. The first-order valence-electron chi connectivity index (χ1n) is 3.62. The topological polar surface area (TPSA) is 0 Å². The predicted molar refractivity (Wildman–Crippen MR) is 49.0 cm³/mol. The van der Waals surface area contributed by atoms with Gasteiger partial charge in [0, 0.05) is 0 Å². The van der Waals surface area contributed by atoms with Gasteiger partial charge < -0.3 is 0 Å². The molecule has 1 aliphatic heterocycles. The number of fused-ring (bicyclic) bond motifs is 1. The second kappa shape index (κ2) is 4.35. The van der Waals surface area contributed by atoms with E-state index >= 15 is 0 Å². The van der Waals surface area contributed by atoms with Crippen molar-refractivity contribution in [3.05, 3.63) is 0 Å². The van der Waals surface area contributed by atoms with Gasteiger partial charge >= 0.3 is 84.2 Å². The Morgan fingerprint density at radius 1 is 0.800 bits per heavy atom. The van der Waals surface area contributed by atoms with Gasteiger partial charge in [0.2, 0.25) is 0 Å². The van der Waals surface area contributed by atoms with Crippen molar-refractivity contribution in [3.8, 4) is 0 Å². The maximum absolute atomic E-state index is 1.63. The van der Waals surface area contributed by atoms with Crippen LogP contribution in [0.25, 0.3) is 0 Å². The Kier molecular flexibility index (Phi) is 3.77. The zero-order valence-electron chi connectivity index (χ0n) is 5.62. The van der Waals surface area contributed by atoms with E-state index in [1.807, 2.05) is 0 Å². The van der Waals surface area contributed by atoms with Crippen LogP contribution in [0.3, 0.4) is 0 Å². The van der Waals surface area contributed by atoms with Gasteiger partial charge in [0.05, 0.1) is 0 Å². The third-order valence-corrected chi connectivity index (χ3v) is 42.8. The van der Waals surface area contributed by atoms with Crippen molar-refractivity contribution in [2.45, 2.75) is 35.3 Å². The second-order valence-corrected chi connectivity index (χ2v) is 29.2. The molecule has 2 aliphatic rings. The Hall–Kier alpha value is 2.08. The fourth-order valence-corrected chi connectivity index (χ4v) is 51.0. The fourth-order valence-electron chi connectivity index (χ4n) is 1.42. The molecule has 2 rings (SSSR count). The van der Waals surface area contributed by atoms with E-state index in [1.54, 1.807) is 25.7 Å². The molecule has 1 heterocycles. The van der Waals surface area contributed by atoms with Gasteiger partial charge in [-0.25, -0.2) is 0 Å². The van der Waals surface area contributed by atoms with Gasteiger partial charge in [-0.2, -0.15) is 0 Å². The quantitative estimate of drug-likeness (QED) is 0.528. The predicted octanol–water partition coefficient (Wildman–Crippen LogP) is 0.713. The van der Waals surface area contributed by atoms with Crippen LogP contribution in [-0.2, 0) is 0 Å². The Balaban J connectivity index is 1.93. The van der Waals surface area contributed by atoms with E-state index in [1.165, 1.54) is 32.2 Å². The third-order valence-electron chi connectivity index (χ3n) is 2.00.